The molecule has 4 heteroatoms. The Balaban J connectivity index is 1.33. The average Bonchev–Trinajstić information content (AvgIpc) is 3.24. The molecular weight excluding hydrogens is 290 g/mol. The molecule has 0 amide bonds. The van der Waals surface area contributed by atoms with Crippen LogP contribution in [-0.2, 0) is 13.1 Å². The molecular formula is C18H23N3S. The molecule has 1 N–H and O–H groups in total. The minimum atomic E-state index is 0.688. The van der Waals surface area contributed by atoms with Gasteiger partial charge >= 0.3 is 0 Å². The lowest BCUT2D eigenvalue weighted by atomic mass is 9.98. The van der Waals surface area contributed by atoms with Crippen LogP contribution in [0.4, 0.5) is 0 Å². The van der Waals surface area contributed by atoms with Gasteiger partial charge in [0.15, 0.2) is 0 Å². The Kier molecular flexibility index (Phi) is 4.24. The van der Waals surface area contributed by atoms with Gasteiger partial charge in [-0.05, 0) is 30.2 Å². The summed E-state index contributed by atoms with van der Waals surface area (Å²) in [6, 6.07) is 11.6. The fourth-order valence-corrected chi connectivity index (χ4v) is 4.69. The molecule has 0 spiro atoms. The summed E-state index contributed by atoms with van der Waals surface area (Å²) in [5.74, 6) is 1.72. The summed E-state index contributed by atoms with van der Waals surface area (Å²) in [4.78, 5) is 8.16. The van der Waals surface area contributed by atoms with Crippen LogP contribution in [0, 0.1) is 11.8 Å². The fraction of sp³-hybridized carbons (Fsp3) is 0.500. The lowest BCUT2D eigenvalue weighted by Crippen LogP contribution is -2.35. The molecule has 1 aliphatic carbocycles. The lowest BCUT2D eigenvalue weighted by molar-refractivity contribution is 0.289. The van der Waals surface area contributed by atoms with E-state index < -0.39 is 0 Å². The van der Waals surface area contributed by atoms with Crippen molar-refractivity contribution in [1.29, 1.82) is 0 Å². The van der Waals surface area contributed by atoms with Crippen LogP contribution < -0.4 is 5.32 Å². The molecule has 22 heavy (non-hydrogen) atoms. The Morgan fingerprint density at radius 1 is 1.18 bits per heavy atom. The van der Waals surface area contributed by atoms with Gasteiger partial charge in [-0.25, -0.2) is 0 Å². The van der Waals surface area contributed by atoms with Crippen molar-refractivity contribution in [3.8, 4) is 0 Å². The van der Waals surface area contributed by atoms with Crippen LogP contribution in [0.2, 0.25) is 0 Å². The highest BCUT2D eigenvalue weighted by Gasteiger charge is 2.42. The van der Waals surface area contributed by atoms with Gasteiger partial charge in [-0.2, -0.15) is 0 Å². The molecule has 3 atom stereocenters. The van der Waals surface area contributed by atoms with Crippen molar-refractivity contribution in [2.45, 2.75) is 32.0 Å². The molecule has 1 aromatic carbocycles. The van der Waals surface area contributed by atoms with E-state index in [-0.39, 0.29) is 0 Å². The van der Waals surface area contributed by atoms with Gasteiger partial charge < -0.3 is 5.32 Å². The molecule has 1 saturated heterocycles. The van der Waals surface area contributed by atoms with Gasteiger partial charge in [-0.15, -0.1) is 11.3 Å². The van der Waals surface area contributed by atoms with Gasteiger partial charge in [0, 0.05) is 43.3 Å². The number of benzene rings is 1. The Labute approximate surface area is 136 Å². The third-order valence-electron chi connectivity index (χ3n) is 5.20. The number of fused-ring (bicyclic) bond motifs is 1. The van der Waals surface area contributed by atoms with Crippen LogP contribution in [0.3, 0.4) is 0 Å². The van der Waals surface area contributed by atoms with Gasteiger partial charge in [-0.3, -0.25) is 9.88 Å². The topological polar surface area (TPSA) is 28.2 Å². The predicted molar refractivity (Wildman–Crippen MR) is 90.7 cm³/mol. The third-order valence-corrected chi connectivity index (χ3v) is 5.98. The number of aromatic nitrogens is 1. The van der Waals surface area contributed by atoms with E-state index in [1.807, 2.05) is 11.7 Å². The van der Waals surface area contributed by atoms with E-state index in [9.17, 15) is 0 Å². The molecule has 0 unspecified atom stereocenters. The summed E-state index contributed by atoms with van der Waals surface area (Å²) < 4.78 is 0. The number of nitrogens with one attached hydrogen (secondary N) is 1. The van der Waals surface area contributed by atoms with E-state index in [4.69, 9.17) is 0 Å². The van der Waals surface area contributed by atoms with Crippen molar-refractivity contribution in [2.75, 3.05) is 13.1 Å². The molecule has 2 fully saturated rings. The molecule has 1 aromatic heterocycles. The zero-order chi connectivity index (χ0) is 14.8. The quantitative estimate of drug-likeness (QED) is 0.919. The molecule has 0 bridgehead atoms. The summed E-state index contributed by atoms with van der Waals surface area (Å²) in [5.41, 5.74) is 3.36. The van der Waals surface area contributed by atoms with Gasteiger partial charge in [0.1, 0.15) is 0 Å². The largest absolute Gasteiger partial charge is 0.309 e. The molecule has 116 valence electrons. The second-order valence-corrected chi connectivity index (χ2v) is 7.61. The summed E-state index contributed by atoms with van der Waals surface area (Å²) >= 11 is 1.75. The Morgan fingerprint density at radius 3 is 2.91 bits per heavy atom. The second-order valence-electron chi connectivity index (χ2n) is 6.64. The summed E-state index contributed by atoms with van der Waals surface area (Å²) in [7, 11) is 0. The smallest absolute Gasteiger partial charge is 0.0794 e. The highest BCUT2D eigenvalue weighted by Crippen LogP contribution is 2.38. The maximum Gasteiger partial charge on any atom is 0.0794 e. The third kappa shape index (κ3) is 3.09. The van der Waals surface area contributed by atoms with Gasteiger partial charge in [0.2, 0.25) is 0 Å². The molecule has 1 aliphatic heterocycles. The monoisotopic (exact) mass is 313 g/mol. The molecule has 0 radical (unpaired) electrons. The van der Waals surface area contributed by atoms with Crippen LogP contribution in [-0.4, -0.2) is 29.0 Å². The van der Waals surface area contributed by atoms with E-state index in [1.54, 1.807) is 11.3 Å². The molecule has 3 nitrogen and oxygen atoms in total. The summed E-state index contributed by atoms with van der Waals surface area (Å²) in [6.07, 6.45) is 4.71. The van der Waals surface area contributed by atoms with Gasteiger partial charge in [0.05, 0.1) is 5.51 Å². The van der Waals surface area contributed by atoms with Crippen LogP contribution in [0.5, 0.6) is 0 Å². The zero-order valence-electron chi connectivity index (χ0n) is 12.8. The Morgan fingerprint density at radius 2 is 2.09 bits per heavy atom. The normalized spacial score (nSPS) is 28.1. The van der Waals surface area contributed by atoms with Crippen LogP contribution in [0.25, 0.3) is 0 Å². The number of thiazole rings is 1. The standard InChI is InChI=1S/C18H23N3S/c1-2-4-14(5-3-1)10-21-11-15-6-7-18(17(15)12-21)20-9-16-8-19-13-22-16/h1-5,8,13,15,17-18,20H,6-7,9-12H2/t15-,17+,18-/m1/s1. The zero-order valence-corrected chi connectivity index (χ0v) is 13.6. The molecule has 2 aliphatic rings. The lowest BCUT2D eigenvalue weighted by Gasteiger charge is -2.21. The highest BCUT2D eigenvalue weighted by molar-refractivity contribution is 7.09. The first-order chi connectivity index (χ1) is 10.9. The van der Waals surface area contributed by atoms with Crippen molar-refractivity contribution in [3.05, 3.63) is 52.5 Å². The number of rotatable bonds is 5. The molecule has 1 saturated carbocycles. The highest BCUT2D eigenvalue weighted by atomic mass is 32.1. The number of likely N-dealkylation sites (tertiary alicyclic amines) is 1. The maximum atomic E-state index is 4.16. The molecule has 2 aromatic rings. The molecule has 4 rings (SSSR count). The fourth-order valence-electron chi connectivity index (χ4n) is 4.14. The van der Waals surface area contributed by atoms with Crippen molar-refractivity contribution >= 4 is 11.3 Å². The first-order valence-corrected chi connectivity index (χ1v) is 9.13. The number of hydrogen-bond acceptors (Lipinski definition) is 4. The van der Waals surface area contributed by atoms with E-state index in [1.165, 1.54) is 36.4 Å². The van der Waals surface area contributed by atoms with E-state index in [0.29, 0.717) is 6.04 Å². The van der Waals surface area contributed by atoms with Crippen LogP contribution >= 0.6 is 11.3 Å². The number of nitrogens with zero attached hydrogens (tertiary/aromatic N) is 2. The van der Waals surface area contributed by atoms with Gasteiger partial charge in [-0.1, -0.05) is 30.3 Å². The van der Waals surface area contributed by atoms with E-state index in [0.717, 1.165) is 24.9 Å². The number of hydrogen-bond donors (Lipinski definition) is 1. The van der Waals surface area contributed by atoms with E-state index in [2.05, 4.69) is 45.5 Å². The Bertz CT molecular complexity index is 584. The van der Waals surface area contributed by atoms with Crippen molar-refractivity contribution in [3.63, 3.8) is 0 Å². The predicted octanol–water partition coefficient (Wildman–Crippen LogP) is 3.14. The Hall–Kier alpha value is -1.23. The average molecular weight is 313 g/mol. The van der Waals surface area contributed by atoms with Gasteiger partial charge in [0.25, 0.3) is 0 Å². The minimum absolute atomic E-state index is 0.688. The van der Waals surface area contributed by atoms with Crippen molar-refractivity contribution < 1.29 is 0 Å². The maximum absolute atomic E-state index is 4.16. The summed E-state index contributed by atoms with van der Waals surface area (Å²) in [5, 5.41) is 3.78. The minimum Gasteiger partial charge on any atom is -0.309 e. The van der Waals surface area contributed by atoms with Crippen molar-refractivity contribution in [1.82, 2.24) is 15.2 Å². The van der Waals surface area contributed by atoms with Crippen molar-refractivity contribution in [2.24, 2.45) is 11.8 Å². The first-order valence-electron chi connectivity index (χ1n) is 8.25. The van der Waals surface area contributed by atoms with Crippen LogP contribution in [0.1, 0.15) is 23.3 Å². The van der Waals surface area contributed by atoms with Crippen LogP contribution in [0.15, 0.2) is 42.0 Å². The van der Waals surface area contributed by atoms with E-state index >= 15 is 0 Å². The SMILES string of the molecule is c1ccc(CN2C[C@H]3CC[C@@H](NCc4cncs4)[C@H]3C2)cc1. The first kappa shape index (κ1) is 14.4. The summed E-state index contributed by atoms with van der Waals surface area (Å²) in [6.45, 7) is 4.62. The molecule has 2 heterocycles. The second kappa shape index (κ2) is 6.49.